The molecular weight excluding hydrogens is 302 g/mol. The average Bonchev–Trinajstić information content (AvgIpc) is 2.88. The van der Waals surface area contributed by atoms with Crippen molar-refractivity contribution < 1.29 is 8.42 Å². The highest BCUT2D eigenvalue weighted by atomic mass is 35.5. The van der Waals surface area contributed by atoms with Crippen molar-refractivity contribution in [2.75, 3.05) is 30.3 Å². The number of benzene rings is 1. The van der Waals surface area contributed by atoms with E-state index in [1.54, 1.807) is 24.3 Å². The molecule has 1 atom stereocenters. The Hall–Kier alpha value is -0.230. The maximum absolute atomic E-state index is 12.1. The Balaban J connectivity index is 1.79. The van der Waals surface area contributed by atoms with Crippen LogP contribution < -0.4 is 5.32 Å². The molecule has 1 fully saturated rings. The van der Waals surface area contributed by atoms with Crippen molar-refractivity contribution in [2.24, 2.45) is 5.92 Å². The third-order valence-electron chi connectivity index (χ3n) is 3.18. The summed E-state index contributed by atoms with van der Waals surface area (Å²) >= 11 is 7.73. The van der Waals surface area contributed by atoms with Crippen LogP contribution in [0.15, 0.2) is 29.2 Å². The van der Waals surface area contributed by atoms with Crippen molar-refractivity contribution in [1.82, 2.24) is 5.32 Å². The number of sulfone groups is 1. The van der Waals surface area contributed by atoms with Crippen LogP contribution in [0.25, 0.3) is 0 Å². The molecule has 1 aliphatic rings. The second-order valence-electron chi connectivity index (χ2n) is 4.71. The second kappa shape index (κ2) is 6.97. The van der Waals surface area contributed by atoms with Gasteiger partial charge in [-0.2, -0.15) is 11.8 Å². The molecule has 1 saturated heterocycles. The fraction of sp³-hybridized carbons (Fsp3) is 0.538. The summed E-state index contributed by atoms with van der Waals surface area (Å²) in [4.78, 5) is 0.343. The van der Waals surface area contributed by atoms with Gasteiger partial charge in [0.2, 0.25) is 0 Å². The van der Waals surface area contributed by atoms with Gasteiger partial charge in [0.05, 0.1) is 10.6 Å². The number of hydrogen-bond donors (Lipinski definition) is 1. The number of hydrogen-bond acceptors (Lipinski definition) is 4. The molecule has 1 aromatic carbocycles. The Morgan fingerprint density at radius 1 is 1.32 bits per heavy atom. The minimum Gasteiger partial charge on any atom is -0.315 e. The summed E-state index contributed by atoms with van der Waals surface area (Å²) in [6.07, 6.45) is 1.24. The number of thioether (sulfide) groups is 1. The Morgan fingerprint density at radius 2 is 2.05 bits per heavy atom. The van der Waals surface area contributed by atoms with Crippen LogP contribution >= 0.6 is 23.4 Å². The van der Waals surface area contributed by atoms with Crippen LogP contribution in [0.2, 0.25) is 5.02 Å². The molecule has 0 saturated carbocycles. The van der Waals surface area contributed by atoms with Crippen LogP contribution in [0.5, 0.6) is 0 Å². The summed E-state index contributed by atoms with van der Waals surface area (Å²) < 4.78 is 24.1. The largest absolute Gasteiger partial charge is 0.315 e. The first-order valence-corrected chi connectivity index (χ1v) is 9.53. The lowest BCUT2D eigenvalue weighted by Gasteiger charge is -2.10. The van der Waals surface area contributed by atoms with Gasteiger partial charge in [0.15, 0.2) is 9.84 Å². The summed E-state index contributed by atoms with van der Waals surface area (Å²) in [5, 5.41) is 3.80. The predicted octanol–water partition coefficient (Wildman–Crippen LogP) is 2.46. The van der Waals surface area contributed by atoms with E-state index in [0.717, 1.165) is 6.54 Å². The summed E-state index contributed by atoms with van der Waals surface area (Å²) in [5.41, 5.74) is 0. The van der Waals surface area contributed by atoms with Crippen LogP contribution in [0.1, 0.15) is 6.42 Å². The highest BCUT2D eigenvalue weighted by molar-refractivity contribution is 7.99. The smallest absolute Gasteiger partial charge is 0.179 e. The molecule has 1 heterocycles. The molecule has 1 aromatic rings. The lowest BCUT2D eigenvalue weighted by atomic mass is 10.1. The zero-order chi connectivity index (χ0) is 13.7. The van der Waals surface area contributed by atoms with Crippen molar-refractivity contribution in [2.45, 2.75) is 11.3 Å². The van der Waals surface area contributed by atoms with Crippen LogP contribution in [0.4, 0.5) is 0 Å². The molecule has 106 valence electrons. The molecule has 0 radical (unpaired) electrons. The predicted molar refractivity (Wildman–Crippen MR) is 81.8 cm³/mol. The van der Waals surface area contributed by atoms with Crippen LogP contribution in [0.3, 0.4) is 0 Å². The molecule has 0 aliphatic carbocycles. The molecular formula is C13H18ClNO2S2. The molecule has 1 unspecified atom stereocenters. The summed E-state index contributed by atoms with van der Waals surface area (Å²) in [6.45, 7) is 1.43. The minimum atomic E-state index is -3.20. The minimum absolute atomic E-state index is 0.133. The van der Waals surface area contributed by atoms with E-state index in [4.69, 9.17) is 11.6 Å². The molecule has 6 heteroatoms. The number of nitrogens with one attached hydrogen (secondary N) is 1. The van der Waals surface area contributed by atoms with Gasteiger partial charge in [-0.3, -0.25) is 0 Å². The first-order chi connectivity index (χ1) is 9.08. The van der Waals surface area contributed by atoms with E-state index >= 15 is 0 Å². The monoisotopic (exact) mass is 319 g/mol. The quantitative estimate of drug-likeness (QED) is 0.818. The molecule has 19 heavy (non-hydrogen) atoms. The SMILES string of the molecule is O=S(=O)(CCNCC1CCSC1)c1ccc(Cl)cc1. The molecule has 0 amide bonds. The first-order valence-electron chi connectivity index (χ1n) is 6.35. The third-order valence-corrected chi connectivity index (χ3v) is 6.39. The van der Waals surface area contributed by atoms with E-state index in [1.165, 1.54) is 17.9 Å². The lowest BCUT2D eigenvalue weighted by molar-refractivity contribution is 0.531. The maximum atomic E-state index is 12.1. The van der Waals surface area contributed by atoms with Gasteiger partial charge < -0.3 is 5.32 Å². The molecule has 0 aromatic heterocycles. The van der Waals surface area contributed by atoms with Crippen LogP contribution in [0, 0.1) is 5.92 Å². The molecule has 2 rings (SSSR count). The standard InChI is InChI=1S/C13H18ClNO2S2/c14-12-1-3-13(4-2-12)19(16,17)8-6-15-9-11-5-7-18-10-11/h1-4,11,15H,5-10H2. The second-order valence-corrected chi connectivity index (χ2v) is 8.40. The molecule has 1 N–H and O–H groups in total. The number of halogens is 1. The van der Waals surface area contributed by atoms with E-state index in [1.807, 2.05) is 11.8 Å². The van der Waals surface area contributed by atoms with Crippen molar-refractivity contribution in [3.63, 3.8) is 0 Å². The highest BCUT2D eigenvalue weighted by Crippen LogP contribution is 2.22. The zero-order valence-corrected chi connectivity index (χ0v) is 13.0. The van der Waals surface area contributed by atoms with Crippen LogP contribution in [-0.4, -0.2) is 38.8 Å². The Kier molecular flexibility index (Phi) is 5.57. The Morgan fingerprint density at radius 3 is 2.68 bits per heavy atom. The van der Waals surface area contributed by atoms with Crippen molar-refractivity contribution >= 4 is 33.2 Å². The van der Waals surface area contributed by atoms with Gasteiger partial charge in [-0.1, -0.05) is 11.6 Å². The molecule has 3 nitrogen and oxygen atoms in total. The van der Waals surface area contributed by atoms with Gasteiger partial charge in [-0.25, -0.2) is 8.42 Å². The fourth-order valence-corrected chi connectivity index (χ4v) is 4.63. The van der Waals surface area contributed by atoms with E-state index in [-0.39, 0.29) is 5.75 Å². The van der Waals surface area contributed by atoms with Crippen molar-refractivity contribution in [3.8, 4) is 0 Å². The average molecular weight is 320 g/mol. The maximum Gasteiger partial charge on any atom is 0.179 e. The summed E-state index contributed by atoms with van der Waals surface area (Å²) in [5.74, 6) is 3.25. The van der Waals surface area contributed by atoms with Gasteiger partial charge in [0.25, 0.3) is 0 Å². The number of rotatable bonds is 6. The van der Waals surface area contributed by atoms with Crippen molar-refractivity contribution in [1.29, 1.82) is 0 Å². The third kappa shape index (κ3) is 4.67. The van der Waals surface area contributed by atoms with Gasteiger partial charge >= 0.3 is 0 Å². The van der Waals surface area contributed by atoms with Crippen LogP contribution in [-0.2, 0) is 9.84 Å². The van der Waals surface area contributed by atoms with Gasteiger partial charge in [0.1, 0.15) is 0 Å². The van der Waals surface area contributed by atoms with Gasteiger partial charge in [0, 0.05) is 11.6 Å². The van der Waals surface area contributed by atoms with E-state index in [2.05, 4.69) is 5.32 Å². The normalized spacial score (nSPS) is 19.7. The Bertz CT molecular complexity index is 496. The van der Waals surface area contributed by atoms with E-state index < -0.39 is 9.84 Å². The zero-order valence-electron chi connectivity index (χ0n) is 10.6. The highest BCUT2D eigenvalue weighted by Gasteiger charge is 2.16. The van der Waals surface area contributed by atoms with Crippen molar-refractivity contribution in [3.05, 3.63) is 29.3 Å². The fourth-order valence-electron chi connectivity index (χ4n) is 2.02. The molecule has 0 bridgehead atoms. The Labute approximate surface area is 124 Å². The lowest BCUT2D eigenvalue weighted by Crippen LogP contribution is -2.28. The van der Waals surface area contributed by atoms with Gasteiger partial charge in [-0.05, 0) is 54.7 Å². The summed E-state index contributed by atoms with van der Waals surface area (Å²) in [7, 11) is -3.20. The van der Waals surface area contributed by atoms with E-state index in [0.29, 0.717) is 22.4 Å². The molecule has 1 aliphatic heterocycles. The van der Waals surface area contributed by atoms with Gasteiger partial charge in [-0.15, -0.1) is 0 Å². The van der Waals surface area contributed by atoms with E-state index in [9.17, 15) is 8.42 Å². The molecule has 0 spiro atoms. The topological polar surface area (TPSA) is 46.2 Å². The first kappa shape index (κ1) is 15.2. The summed E-state index contributed by atoms with van der Waals surface area (Å²) in [6, 6.07) is 6.34.